The zero-order chi connectivity index (χ0) is 47.6. The van der Waals surface area contributed by atoms with Crippen LogP contribution in [0.3, 0.4) is 0 Å². The number of rotatable bonds is 26. The van der Waals surface area contributed by atoms with Gasteiger partial charge in [0.25, 0.3) is 0 Å². The number of ether oxygens (including phenoxy) is 2. The quantitative estimate of drug-likeness (QED) is 0.0306. The first kappa shape index (κ1) is 52.8. The highest BCUT2D eigenvalue weighted by atomic mass is 127. The van der Waals surface area contributed by atoms with Crippen LogP contribution in [0, 0.1) is 29.6 Å². The summed E-state index contributed by atoms with van der Waals surface area (Å²) in [6.07, 6.45) is 6.86. The van der Waals surface area contributed by atoms with Gasteiger partial charge in [0.05, 0.1) is 32.2 Å². The number of nitrogens with zero attached hydrogens (tertiary/aromatic N) is 1. The van der Waals surface area contributed by atoms with E-state index in [-0.39, 0.29) is 78.7 Å². The van der Waals surface area contributed by atoms with Crippen LogP contribution in [0.5, 0.6) is 0 Å². The summed E-state index contributed by atoms with van der Waals surface area (Å²) in [6.45, 7) is 11.9. The zero-order valence-electron chi connectivity index (χ0n) is 38.4. The maximum absolute atomic E-state index is 14.6. The molecule has 0 radical (unpaired) electrons. The molecule has 2 aromatic carbocycles. The number of carbonyl (C=O) groups excluding carboxylic acids is 7. The molecular weight excluding hydrogens is 943 g/mol. The van der Waals surface area contributed by atoms with Crippen molar-refractivity contribution in [2.45, 2.75) is 116 Å². The van der Waals surface area contributed by atoms with Gasteiger partial charge in [0, 0.05) is 43.3 Å². The van der Waals surface area contributed by atoms with Crippen LogP contribution in [0.4, 0.5) is 0 Å². The van der Waals surface area contributed by atoms with E-state index in [2.05, 4.69) is 32.5 Å². The SMILES string of the molecule is C#CCCNC(=O)CCC(=O)O[C@](C)(CI)C(=O)[C@@H](NC(=O)[C@H](Cc1ccccc1)NC(=O)C(CC(C)C)NC(=O)[C@H](CCc1ccccc1)NC(=O)CN1CCOCC1)C1CC1(C)C. The second kappa shape index (κ2) is 25.7. The molecular formula is C49H67IN6O9. The molecule has 2 unspecified atom stereocenters. The van der Waals surface area contributed by atoms with E-state index in [9.17, 15) is 33.6 Å². The van der Waals surface area contributed by atoms with Crippen molar-refractivity contribution in [3.05, 3.63) is 71.8 Å². The molecule has 0 aromatic heterocycles. The molecule has 0 bridgehead atoms. The second-order valence-corrected chi connectivity index (χ2v) is 19.0. The van der Waals surface area contributed by atoms with Crippen molar-refractivity contribution in [1.29, 1.82) is 0 Å². The molecule has 15 nitrogen and oxygen atoms in total. The standard InChI is InChI=1S/C49H67IN6O9/c1-7-8-23-51-40(57)21-22-42(59)65-49(6,32-50)44(60)43(36-30-48(36,4)5)55-47(63)39(29-35-17-13-10-14-18-35)54-46(62)38(28-33(2)3)53-45(61)37(20-19-34-15-11-9-12-16-34)52-41(58)31-56-24-26-64-27-25-56/h1,9-18,33,36-39,43H,8,19-32H2,2-6H3,(H,51,57)(H,52,58)(H,53,61)(H,54,62)(H,55,63)/t36?,37-,38?,39-,43-,49+/m0/s1. The highest BCUT2D eigenvalue weighted by molar-refractivity contribution is 14.1. The predicted molar refractivity (Wildman–Crippen MR) is 255 cm³/mol. The maximum Gasteiger partial charge on any atom is 0.307 e. The number of amides is 5. The van der Waals surface area contributed by atoms with Crippen molar-refractivity contribution in [3.63, 3.8) is 0 Å². The van der Waals surface area contributed by atoms with Crippen LogP contribution in [-0.2, 0) is 55.9 Å². The Bertz CT molecular complexity index is 1970. The molecule has 6 atom stereocenters. The number of nitrogens with one attached hydrogen (secondary N) is 5. The lowest BCUT2D eigenvalue weighted by atomic mass is 9.90. The Morgan fingerprint density at radius 3 is 2.02 bits per heavy atom. The number of morpholine rings is 1. The van der Waals surface area contributed by atoms with Crippen molar-refractivity contribution in [1.82, 2.24) is 31.5 Å². The van der Waals surface area contributed by atoms with Gasteiger partial charge in [-0.25, -0.2) is 0 Å². The first-order valence-electron chi connectivity index (χ1n) is 22.5. The molecule has 2 aliphatic rings. The fraction of sp³-hybridized carbons (Fsp3) is 0.571. The van der Waals surface area contributed by atoms with Gasteiger partial charge in [-0.05, 0) is 61.0 Å². The number of carbonyl (C=O) groups is 7. The van der Waals surface area contributed by atoms with E-state index in [1.54, 1.807) is 0 Å². The molecule has 2 aromatic rings. The van der Waals surface area contributed by atoms with Gasteiger partial charge in [-0.3, -0.25) is 38.5 Å². The van der Waals surface area contributed by atoms with E-state index < -0.39 is 59.2 Å². The highest BCUT2D eigenvalue weighted by Gasteiger charge is 2.56. The smallest absolute Gasteiger partial charge is 0.307 e. The Hall–Kier alpha value is -4.86. The van der Waals surface area contributed by atoms with E-state index in [1.807, 2.05) is 116 Å². The molecule has 4 rings (SSSR count). The average molecular weight is 1010 g/mol. The summed E-state index contributed by atoms with van der Waals surface area (Å²) in [5.41, 5.74) is -0.238. The fourth-order valence-corrected chi connectivity index (χ4v) is 8.30. The third-order valence-corrected chi connectivity index (χ3v) is 13.2. The molecule has 1 aliphatic carbocycles. The highest BCUT2D eigenvalue weighted by Crippen LogP contribution is 2.54. The van der Waals surface area contributed by atoms with Crippen molar-refractivity contribution in [2.75, 3.05) is 43.8 Å². The first-order chi connectivity index (χ1) is 30.9. The molecule has 354 valence electrons. The number of esters is 1. The lowest BCUT2D eigenvalue weighted by Gasteiger charge is -2.32. The summed E-state index contributed by atoms with van der Waals surface area (Å²) in [6, 6.07) is 14.4. The van der Waals surface area contributed by atoms with Crippen LogP contribution < -0.4 is 26.6 Å². The average Bonchev–Trinajstić information content (AvgIpc) is 3.92. The number of benzene rings is 2. The van der Waals surface area contributed by atoms with Crippen LogP contribution >= 0.6 is 22.6 Å². The Morgan fingerprint density at radius 1 is 0.846 bits per heavy atom. The van der Waals surface area contributed by atoms with Gasteiger partial charge in [-0.1, -0.05) is 111 Å². The van der Waals surface area contributed by atoms with Crippen molar-refractivity contribution < 1.29 is 43.0 Å². The van der Waals surface area contributed by atoms with Gasteiger partial charge >= 0.3 is 5.97 Å². The van der Waals surface area contributed by atoms with Gasteiger partial charge in [0.1, 0.15) is 18.1 Å². The summed E-state index contributed by atoms with van der Waals surface area (Å²) in [5, 5.41) is 14.3. The Labute approximate surface area is 397 Å². The number of halogens is 1. The minimum Gasteiger partial charge on any atom is -0.450 e. The van der Waals surface area contributed by atoms with Crippen molar-refractivity contribution >= 4 is 63.9 Å². The monoisotopic (exact) mass is 1010 g/mol. The number of ketones is 1. The molecule has 5 N–H and O–H groups in total. The molecule has 1 heterocycles. The van der Waals surface area contributed by atoms with E-state index in [0.717, 1.165) is 11.1 Å². The zero-order valence-corrected chi connectivity index (χ0v) is 40.6. The summed E-state index contributed by atoms with van der Waals surface area (Å²) >= 11 is 1.97. The summed E-state index contributed by atoms with van der Waals surface area (Å²) < 4.78 is 11.3. The van der Waals surface area contributed by atoms with Crippen molar-refractivity contribution in [2.24, 2.45) is 17.3 Å². The third-order valence-electron chi connectivity index (χ3n) is 11.8. The minimum atomic E-state index is -1.65. The number of hydrogen-bond donors (Lipinski definition) is 5. The number of terminal acetylenes is 1. The van der Waals surface area contributed by atoms with E-state index in [1.165, 1.54) is 6.92 Å². The van der Waals surface area contributed by atoms with Gasteiger partial charge in [0.2, 0.25) is 29.5 Å². The lowest BCUT2D eigenvalue weighted by Crippen LogP contribution is -2.60. The van der Waals surface area contributed by atoms with E-state index in [4.69, 9.17) is 15.9 Å². The van der Waals surface area contributed by atoms with Gasteiger partial charge in [0.15, 0.2) is 11.4 Å². The van der Waals surface area contributed by atoms with Crippen LogP contribution in [0.2, 0.25) is 0 Å². The summed E-state index contributed by atoms with van der Waals surface area (Å²) in [5.74, 6) is -1.62. The van der Waals surface area contributed by atoms with Crippen LogP contribution in [0.1, 0.15) is 84.3 Å². The minimum absolute atomic E-state index is 0.0539. The summed E-state index contributed by atoms with van der Waals surface area (Å²) in [7, 11) is 0. The first-order valence-corrected chi connectivity index (χ1v) is 24.1. The number of Topliss-reactive ketones (excluding diaryl/α,β-unsaturated/α-hetero) is 1. The molecule has 5 amide bonds. The molecule has 1 aliphatic heterocycles. The Balaban J connectivity index is 1.54. The molecule has 2 fully saturated rings. The van der Waals surface area contributed by atoms with Crippen LogP contribution in [0.15, 0.2) is 60.7 Å². The molecule has 65 heavy (non-hydrogen) atoms. The topological polar surface area (TPSA) is 201 Å². The number of aryl methyl sites for hydroxylation is 1. The van der Waals surface area contributed by atoms with Gasteiger partial charge in [-0.15, -0.1) is 12.3 Å². The summed E-state index contributed by atoms with van der Waals surface area (Å²) in [4.78, 5) is 98.2. The second-order valence-electron chi connectivity index (χ2n) is 18.3. The molecule has 0 spiro atoms. The van der Waals surface area contributed by atoms with Crippen molar-refractivity contribution in [3.8, 4) is 12.3 Å². The van der Waals surface area contributed by atoms with Crippen LogP contribution in [0.25, 0.3) is 0 Å². The van der Waals surface area contributed by atoms with Gasteiger partial charge in [-0.2, -0.15) is 0 Å². The molecule has 1 saturated heterocycles. The number of hydrogen-bond acceptors (Lipinski definition) is 10. The molecule has 16 heteroatoms. The lowest BCUT2D eigenvalue weighted by molar-refractivity contribution is -0.165. The maximum atomic E-state index is 14.6. The Morgan fingerprint density at radius 2 is 1.43 bits per heavy atom. The Kier molecular flexibility index (Phi) is 20.9. The van der Waals surface area contributed by atoms with Gasteiger partial charge < -0.3 is 36.1 Å². The van der Waals surface area contributed by atoms with E-state index >= 15 is 0 Å². The van der Waals surface area contributed by atoms with Crippen LogP contribution in [-0.4, -0.2) is 120 Å². The fourth-order valence-electron chi connectivity index (χ4n) is 7.77. The normalized spacial score (nSPS) is 18.3. The molecule has 1 saturated carbocycles. The number of alkyl halides is 1. The predicted octanol–water partition coefficient (Wildman–Crippen LogP) is 3.45. The van der Waals surface area contributed by atoms with E-state index in [0.29, 0.717) is 45.6 Å². The largest absolute Gasteiger partial charge is 0.450 e. The third kappa shape index (κ3) is 17.5.